The van der Waals surface area contributed by atoms with Crippen LogP contribution in [0.3, 0.4) is 0 Å². The predicted octanol–water partition coefficient (Wildman–Crippen LogP) is 4.74. The quantitative estimate of drug-likeness (QED) is 0.659. The molecule has 0 radical (unpaired) electrons. The first-order valence-corrected chi connectivity index (χ1v) is 3.80. The van der Waals surface area contributed by atoms with Crippen molar-refractivity contribution in [1.29, 1.82) is 0 Å². The second-order valence-corrected chi connectivity index (χ2v) is 2.68. The first-order valence-electron chi connectivity index (χ1n) is 3.80. The summed E-state index contributed by atoms with van der Waals surface area (Å²) in [7, 11) is 0. The average Bonchev–Trinajstić information content (AvgIpc) is 2.15. The maximum Gasteiger partial charge on any atom is 0.426 e. The fourth-order valence-corrected chi connectivity index (χ4v) is 0.296. The number of allylic oxidation sites excluding steroid dienone is 2. The third-order valence-corrected chi connectivity index (χ3v) is 1.20. The maximum absolute atomic E-state index is 11.4. The third-order valence-electron chi connectivity index (χ3n) is 1.20. The molecule has 0 saturated carbocycles. The molecule has 108 valence electrons. The van der Waals surface area contributed by atoms with E-state index < -0.39 is 36.3 Å². The smallest absolute Gasteiger partial charge is 0.230 e. The molecule has 0 heterocycles. The van der Waals surface area contributed by atoms with Crippen molar-refractivity contribution in [2.45, 2.75) is 24.7 Å². The number of hydrogen-bond acceptors (Lipinski definition) is 0. The van der Waals surface area contributed by atoms with Crippen LogP contribution in [0.1, 0.15) is 0 Å². The summed E-state index contributed by atoms with van der Waals surface area (Å²) in [6.07, 6.45) is -12.7. The molecule has 0 nitrogen and oxygen atoms in total. The second kappa shape index (κ2) is 6.64. The number of hydrogen-bond donors (Lipinski definition) is 0. The molecule has 0 aliphatic rings. The summed E-state index contributed by atoms with van der Waals surface area (Å²) in [5.41, 5.74) is 0. The molecule has 0 aliphatic carbocycles. The molecule has 1 atom stereocenters. The molecule has 0 rings (SSSR count). The lowest BCUT2D eigenvalue weighted by Gasteiger charge is -2.10. The Morgan fingerprint density at radius 3 is 1.17 bits per heavy atom. The summed E-state index contributed by atoms with van der Waals surface area (Å²) in [6.45, 7) is 4.21. The zero-order valence-corrected chi connectivity index (χ0v) is 8.35. The largest absolute Gasteiger partial charge is 0.426 e. The minimum Gasteiger partial charge on any atom is -0.230 e. The highest BCUT2D eigenvalue weighted by molar-refractivity contribution is 4.98. The maximum atomic E-state index is 11.4. The number of rotatable bonds is 3. The van der Waals surface area contributed by atoms with Gasteiger partial charge in [0.2, 0.25) is 6.17 Å². The second-order valence-electron chi connectivity index (χ2n) is 2.68. The zero-order chi connectivity index (χ0) is 15.3. The Bertz CT molecular complexity index is 289. The molecule has 1 unspecified atom stereocenters. The highest BCUT2D eigenvalue weighted by Gasteiger charge is 2.44. The van der Waals surface area contributed by atoms with Crippen molar-refractivity contribution in [2.24, 2.45) is 0 Å². The van der Waals surface area contributed by atoms with Crippen molar-refractivity contribution in [3.05, 3.63) is 24.8 Å². The van der Waals surface area contributed by atoms with E-state index in [0.29, 0.717) is 0 Å². The molecule has 10 heteroatoms. The van der Waals surface area contributed by atoms with Gasteiger partial charge < -0.3 is 0 Å². The fourth-order valence-electron chi connectivity index (χ4n) is 0.296. The van der Waals surface area contributed by atoms with E-state index in [4.69, 9.17) is 0 Å². The molecule has 0 saturated heterocycles. The van der Waals surface area contributed by atoms with Crippen LogP contribution in [-0.2, 0) is 0 Å². The van der Waals surface area contributed by atoms with Gasteiger partial charge in [-0.05, 0) is 0 Å². The van der Waals surface area contributed by atoms with Crippen molar-refractivity contribution in [3.63, 3.8) is 0 Å². The molecule has 0 spiro atoms. The molecular formula is C8H6F10. The monoisotopic (exact) mass is 292 g/mol. The average molecular weight is 292 g/mol. The highest BCUT2D eigenvalue weighted by Crippen LogP contribution is 2.30. The third kappa shape index (κ3) is 6.50. The SMILES string of the molecule is C=C(F)C(F)(F)C(F)F.C=C(F)C(F)C(F)(F)F. The number of alkyl halides is 8. The normalized spacial score (nSPS) is 13.7. The Morgan fingerprint density at radius 1 is 0.833 bits per heavy atom. The zero-order valence-electron chi connectivity index (χ0n) is 8.35. The Hall–Kier alpha value is -1.22. The Kier molecular flexibility index (Phi) is 7.06. The van der Waals surface area contributed by atoms with Gasteiger partial charge in [0.05, 0.1) is 0 Å². The highest BCUT2D eigenvalue weighted by atomic mass is 19.4. The Balaban J connectivity index is 0. The van der Waals surface area contributed by atoms with E-state index in [9.17, 15) is 43.9 Å². The van der Waals surface area contributed by atoms with E-state index in [-0.39, 0.29) is 0 Å². The predicted molar refractivity (Wildman–Crippen MR) is 42.4 cm³/mol. The van der Waals surface area contributed by atoms with Crippen molar-refractivity contribution < 1.29 is 43.9 Å². The van der Waals surface area contributed by atoms with Crippen molar-refractivity contribution >= 4 is 0 Å². The van der Waals surface area contributed by atoms with Gasteiger partial charge in [-0.2, -0.15) is 22.0 Å². The summed E-state index contributed by atoms with van der Waals surface area (Å²) >= 11 is 0. The topological polar surface area (TPSA) is 0 Å². The van der Waals surface area contributed by atoms with Crippen LogP contribution in [0.15, 0.2) is 24.8 Å². The summed E-state index contributed by atoms with van der Waals surface area (Å²) in [5.74, 6) is -9.01. The molecule has 0 N–H and O–H groups in total. The van der Waals surface area contributed by atoms with Crippen molar-refractivity contribution in [1.82, 2.24) is 0 Å². The molecule has 0 aromatic rings. The molecule has 18 heavy (non-hydrogen) atoms. The van der Waals surface area contributed by atoms with Crippen LogP contribution in [0.25, 0.3) is 0 Å². The molecule has 0 bridgehead atoms. The van der Waals surface area contributed by atoms with Gasteiger partial charge in [-0.25, -0.2) is 22.0 Å². The lowest BCUT2D eigenvalue weighted by Crippen LogP contribution is -2.26. The number of halogens is 10. The minimum absolute atomic E-state index is 2.01. The van der Waals surface area contributed by atoms with Gasteiger partial charge >= 0.3 is 18.5 Å². The van der Waals surface area contributed by atoms with Crippen LogP contribution in [0.2, 0.25) is 0 Å². The van der Waals surface area contributed by atoms with Gasteiger partial charge in [0, 0.05) is 0 Å². The molecule has 0 aromatic heterocycles. The lowest BCUT2D eigenvalue weighted by molar-refractivity contribution is -0.173. The molecule has 0 aliphatic heterocycles. The van der Waals surface area contributed by atoms with Gasteiger partial charge in [-0.1, -0.05) is 13.2 Å². The first kappa shape index (κ1) is 19.1. The van der Waals surface area contributed by atoms with Crippen LogP contribution in [0.4, 0.5) is 43.9 Å². The van der Waals surface area contributed by atoms with E-state index in [0.717, 1.165) is 0 Å². The molecular weight excluding hydrogens is 286 g/mol. The van der Waals surface area contributed by atoms with Crippen molar-refractivity contribution in [3.8, 4) is 0 Å². The van der Waals surface area contributed by atoms with Crippen molar-refractivity contribution in [2.75, 3.05) is 0 Å². The Morgan fingerprint density at radius 2 is 1.17 bits per heavy atom. The summed E-state index contributed by atoms with van der Waals surface area (Å²) in [5, 5.41) is 0. The Labute approximate surface area is 94.6 Å². The van der Waals surface area contributed by atoms with E-state index >= 15 is 0 Å². The summed E-state index contributed by atoms with van der Waals surface area (Å²) in [4.78, 5) is 0. The summed E-state index contributed by atoms with van der Waals surface area (Å²) < 4.78 is 112. The summed E-state index contributed by atoms with van der Waals surface area (Å²) in [6, 6.07) is 0. The molecule has 0 aromatic carbocycles. The minimum atomic E-state index is -5.16. The first-order chi connectivity index (χ1) is 7.74. The van der Waals surface area contributed by atoms with E-state index in [1.807, 2.05) is 0 Å². The lowest BCUT2D eigenvalue weighted by atomic mass is 10.3. The van der Waals surface area contributed by atoms with Gasteiger partial charge in [0.1, 0.15) is 5.83 Å². The van der Waals surface area contributed by atoms with Gasteiger partial charge in [0.25, 0.3) is 0 Å². The van der Waals surface area contributed by atoms with E-state index in [1.54, 1.807) is 0 Å². The molecule has 0 amide bonds. The van der Waals surface area contributed by atoms with Gasteiger partial charge in [-0.3, -0.25) is 0 Å². The van der Waals surface area contributed by atoms with Gasteiger partial charge in [0.15, 0.2) is 5.83 Å². The van der Waals surface area contributed by atoms with Crippen LogP contribution < -0.4 is 0 Å². The molecule has 0 fully saturated rings. The van der Waals surface area contributed by atoms with E-state index in [1.165, 1.54) is 0 Å². The fraction of sp³-hybridized carbons (Fsp3) is 0.500. The van der Waals surface area contributed by atoms with Crippen LogP contribution in [0.5, 0.6) is 0 Å². The van der Waals surface area contributed by atoms with Crippen LogP contribution >= 0.6 is 0 Å². The van der Waals surface area contributed by atoms with Crippen LogP contribution in [0, 0.1) is 0 Å². The van der Waals surface area contributed by atoms with Gasteiger partial charge in [-0.15, -0.1) is 0 Å². The standard InChI is InChI=1S/2C4H3F5/c1-2(5)4(8,9)3(6)7;1-2(5)3(6)4(7,8)9/h2*3H,1H2. The van der Waals surface area contributed by atoms with E-state index in [2.05, 4.69) is 13.2 Å². The van der Waals surface area contributed by atoms with Crippen LogP contribution in [-0.4, -0.2) is 24.7 Å².